The molecule has 1 atom stereocenters. The lowest BCUT2D eigenvalue weighted by Crippen LogP contribution is -2.30. The Morgan fingerprint density at radius 1 is 1.27 bits per heavy atom. The van der Waals surface area contributed by atoms with Gasteiger partial charge in [-0.3, -0.25) is 9.48 Å². The molecule has 1 aromatic heterocycles. The van der Waals surface area contributed by atoms with Gasteiger partial charge in [0, 0.05) is 24.2 Å². The summed E-state index contributed by atoms with van der Waals surface area (Å²) >= 11 is 0. The van der Waals surface area contributed by atoms with Gasteiger partial charge in [-0.25, -0.2) is 0 Å². The summed E-state index contributed by atoms with van der Waals surface area (Å²) in [5, 5.41) is 7.28. The zero-order chi connectivity index (χ0) is 27.2. The molecule has 37 heavy (non-hydrogen) atoms. The van der Waals surface area contributed by atoms with Crippen molar-refractivity contribution < 1.29 is 22.7 Å². The highest BCUT2D eigenvalue weighted by atomic mass is 19.4. The first-order valence-electron chi connectivity index (χ1n) is 11.9. The van der Waals surface area contributed by atoms with Crippen LogP contribution in [0.3, 0.4) is 0 Å². The Kier molecular flexibility index (Phi) is 9.10. The van der Waals surface area contributed by atoms with E-state index < -0.39 is 12.6 Å². The number of rotatable bonds is 11. The molecule has 1 saturated heterocycles. The van der Waals surface area contributed by atoms with Gasteiger partial charge in [0.25, 0.3) is 0 Å². The zero-order valence-corrected chi connectivity index (χ0v) is 21.1. The highest BCUT2D eigenvalue weighted by Crippen LogP contribution is 2.37. The van der Waals surface area contributed by atoms with E-state index in [1.807, 2.05) is 30.8 Å². The molecule has 1 aromatic carbocycles. The van der Waals surface area contributed by atoms with E-state index in [1.165, 1.54) is 18.2 Å². The van der Waals surface area contributed by atoms with E-state index >= 15 is 0 Å². The van der Waals surface area contributed by atoms with Crippen LogP contribution in [0.5, 0.6) is 0 Å². The maximum atomic E-state index is 12.8. The number of amides is 1. The summed E-state index contributed by atoms with van der Waals surface area (Å²) in [5.74, 6) is -0.469. The van der Waals surface area contributed by atoms with Crippen molar-refractivity contribution in [3.8, 4) is 0 Å². The summed E-state index contributed by atoms with van der Waals surface area (Å²) in [4.78, 5) is 11.9. The maximum Gasteiger partial charge on any atom is 0.393 e. The predicted molar refractivity (Wildman–Crippen MR) is 140 cm³/mol. The molecule has 1 unspecified atom stereocenters. The number of hydrogen-bond acceptors (Lipinski definition) is 3. The highest BCUT2D eigenvalue weighted by molar-refractivity contribution is 5.88. The molecule has 1 amide bonds. The van der Waals surface area contributed by atoms with Crippen LogP contribution in [0.4, 0.5) is 13.2 Å². The molecule has 0 aliphatic carbocycles. The molecule has 2 heterocycles. The summed E-state index contributed by atoms with van der Waals surface area (Å²) in [6.07, 6.45) is 3.23. The quantitative estimate of drug-likeness (QED) is 0.293. The molecule has 1 N–H and O–H groups in total. The summed E-state index contributed by atoms with van der Waals surface area (Å²) in [5.41, 5.74) is 5.18. The minimum Gasteiger partial charge on any atom is -0.377 e. The number of ether oxygens (including phenoxy) is 1. The zero-order valence-electron chi connectivity index (χ0n) is 21.1. The summed E-state index contributed by atoms with van der Waals surface area (Å²) in [6.45, 7) is 17.0. The van der Waals surface area contributed by atoms with Crippen molar-refractivity contribution in [1.82, 2.24) is 15.1 Å². The van der Waals surface area contributed by atoms with Crippen LogP contribution in [0.2, 0.25) is 0 Å². The van der Waals surface area contributed by atoms with Crippen LogP contribution in [0.15, 0.2) is 91.3 Å². The number of hydrogen-bond donors (Lipinski definition) is 1. The number of carbonyl (C=O) groups is 1. The average Bonchev–Trinajstić information content (AvgIpc) is 3.29. The normalized spacial score (nSPS) is 15.9. The number of aromatic nitrogens is 2. The monoisotopic (exact) mass is 511 g/mol. The van der Waals surface area contributed by atoms with Gasteiger partial charge in [0.2, 0.25) is 5.91 Å². The van der Waals surface area contributed by atoms with Gasteiger partial charge < -0.3 is 10.1 Å². The lowest BCUT2D eigenvalue weighted by Gasteiger charge is -2.26. The van der Waals surface area contributed by atoms with Crippen LogP contribution in [-0.2, 0) is 16.0 Å². The van der Waals surface area contributed by atoms with Crippen LogP contribution < -0.4 is 5.32 Å². The second-order valence-electron chi connectivity index (χ2n) is 9.06. The van der Waals surface area contributed by atoms with Gasteiger partial charge in [0.15, 0.2) is 0 Å². The molecule has 0 bridgehead atoms. The molecular weight excluding hydrogens is 479 g/mol. The molecule has 0 radical (unpaired) electrons. The number of nitrogens with zero attached hydrogens (tertiary/aromatic N) is 2. The van der Waals surface area contributed by atoms with Crippen molar-refractivity contribution in [3.05, 3.63) is 108 Å². The van der Waals surface area contributed by atoms with Crippen molar-refractivity contribution in [2.24, 2.45) is 0 Å². The van der Waals surface area contributed by atoms with Gasteiger partial charge >= 0.3 is 6.18 Å². The van der Waals surface area contributed by atoms with E-state index in [1.54, 1.807) is 24.4 Å². The van der Waals surface area contributed by atoms with E-state index in [0.29, 0.717) is 18.8 Å². The molecular formula is C29H32F3N3O2. The Morgan fingerprint density at radius 2 is 1.95 bits per heavy atom. The molecule has 3 rings (SSSR count). The van der Waals surface area contributed by atoms with Gasteiger partial charge in [-0.15, -0.1) is 0 Å². The third-order valence-electron chi connectivity index (χ3n) is 6.40. The molecule has 1 fully saturated rings. The molecule has 5 nitrogen and oxygen atoms in total. The Morgan fingerprint density at radius 3 is 2.49 bits per heavy atom. The van der Waals surface area contributed by atoms with Crippen LogP contribution in [0, 0.1) is 0 Å². The van der Waals surface area contributed by atoms with Crippen LogP contribution in [0.1, 0.15) is 42.5 Å². The second kappa shape index (κ2) is 12.1. The fourth-order valence-corrected chi connectivity index (χ4v) is 4.15. The Hall–Kier alpha value is -3.65. The summed E-state index contributed by atoms with van der Waals surface area (Å²) < 4.78 is 45.5. The lowest BCUT2D eigenvalue weighted by molar-refractivity contribution is -0.127. The van der Waals surface area contributed by atoms with Gasteiger partial charge in [-0.05, 0) is 40.8 Å². The van der Waals surface area contributed by atoms with E-state index in [-0.39, 0.29) is 30.0 Å². The minimum atomic E-state index is -4.26. The second-order valence-corrected chi connectivity index (χ2v) is 9.06. The van der Waals surface area contributed by atoms with Crippen molar-refractivity contribution in [2.45, 2.75) is 38.4 Å². The van der Waals surface area contributed by atoms with E-state index in [9.17, 15) is 18.0 Å². The number of alkyl halides is 3. The van der Waals surface area contributed by atoms with Crippen molar-refractivity contribution >= 4 is 11.5 Å². The van der Waals surface area contributed by atoms with Gasteiger partial charge in [-0.1, -0.05) is 68.7 Å². The fraction of sp³-hybridized carbons (Fsp3) is 0.310. The van der Waals surface area contributed by atoms with Gasteiger partial charge in [0.05, 0.1) is 31.9 Å². The minimum absolute atomic E-state index is 0.148. The summed E-state index contributed by atoms with van der Waals surface area (Å²) in [6, 6.07) is 6.64. The summed E-state index contributed by atoms with van der Waals surface area (Å²) in [7, 11) is 0. The van der Waals surface area contributed by atoms with Crippen molar-refractivity contribution in [1.29, 1.82) is 0 Å². The van der Waals surface area contributed by atoms with Crippen LogP contribution in [-0.4, -0.2) is 41.6 Å². The van der Waals surface area contributed by atoms with Crippen molar-refractivity contribution in [2.75, 3.05) is 19.8 Å². The largest absolute Gasteiger partial charge is 0.393 e. The number of allylic oxidation sites excluding steroid dienone is 4. The van der Waals surface area contributed by atoms with E-state index in [0.717, 1.165) is 27.8 Å². The average molecular weight is 512 g/mol. The SMILES string of the molecule is C=C/C=C(\C(C(=C)CNC(=O)C=C)=C(/C)C(C)c1ccc(CC(F)(F)F)cc1)c1cnn(C2COC2)c1. The molecule has 1 aliphatic rings. The smallest absolute Gasteiger partial charge is 0.377 e. The van der Waals surface area contributed by atoms with E-state index in [4.69, 9.17) is 4.74 Å². The van der Waals surface area contributed by atoms with Gasteiger partial charge in [-0.2, -0.15) is 18.3 Å². The Bertz CT molecular complexity index is 1220. The molecule has 0 spiro atoms. The number of carbonyl (C=O) groups excluding carboxylic acids is 1. The number of halogens is 3. The third-order valence-corrected chi connectivity index (χ3v) is 6.40. The molecule has 2 aromatic rings. The molecule has 8 heteroatoms. The Balaban J connectivity index is 2.02. The van der Waals surface area contributed by atoms with Crippen LogP contribution >= 0.6 is 0 Å². The Labute approximate surface area is 215 Å². The molecule has 0 saturated carbocycles. The first kappa shape index (κ1) is 27.9. The maximum absolute atomic E-state index is 12.8. The first-order valence-corrected chi connectivity index (χ1v) is 11.9. The lowest BCUT2D eigenvalue weighted by atomic mass is 9.83. The fourth-order valence-electron chi connectivity index (χ4n) is 4.15. The molecule has 1 aliphatic heterocycles. The van der Waals surface area contributed by atoms with E-state index in [2.05, 4.69) is 30.2 Å². The highest BCUT2D eigenvalue weighted by Gasteiger charge is 2.28. The van der Waals surface area contributed by atoms with Crippen molar-refractivity contribution in [3.63, 3.8) is 0 Å². The number of nitrogens with one attached hydrogen (secondary N) is 1. The predicted octanol–water partition coefficient (Wildman–Crippen LogP) is 6.11. The van der Waals surface area contributed by atoms with Crippen LogP contribution in [0.25, 0.3) is 5.57 Å². The standard InChI is InChI=1S/C29H32F3N3O2/c1-6-8-26(24-15-34-35(16-24)25-17-37-18-25)28(19(3)14-33-27(36)7-2)21(5)20(4)23-11-9-22(10-12-23)13-29(30,31)32/h6-12,15-16,20,25H,1-3,13-14,17-18H2,4-5H3,(H,33,36)/b26-8-,28-21+. The topological polar surface area (TPSA) is 56.2 Å². The molecule has 196 valence electrons. The third kappa shape index (κ3) is 7.20. The van der Waals surface area contributed by atoms with Gasteiger partial charge in [0.1, 0.15) is 0 Å². The first-order chi connectivity index (χ1) is 17.5. The number of benzene rings is 1.